The Labute approximate surface area is 442 Å². The first-order valence-corrected chi connectivity index (χ1v) is 25.0. The van der Waals surface area contributed by atoms with Gasteiger partial charge in [0, 0.05) is 43.8 Å². The van der Waals surface area contributed by atoms with E-state index in [2.05, 4.69) is 41.9 Å². The molecule has 1 aliphatic heterocycles. The Kier molecular flexibility index (Phi) is 21.1. The summed E-state index contributed by atoms with van der Waals surface area (Å²) >= 11 is 0. The second-order valence-electron chi connectivity index (χ2n) is 21.1. The highest BCUT2D eigenvalue weighted by Crippen LogP contribution is 2.34. The number of rotatable bonds is 28. The van der Waals surface area contributed by atoms with E-state index in [9.17, 15) is 28.8 Å². The predicted octanol–water partition coefficient (Wildman–Crippen LogP) is 2.44. The Morgan fingerprint density at radius 3 is 1.99 bits per heavy atom. The second-order valence-corrected chi connectivity index (χ2v) is 21.1. The summed E-state index contributed by atoms with van der Waals surface area (Å²) in [6.07, 6.45) is 7.35. The van der Waals surface area contributed by atoms with E-state index in [4.69, 9.17) is 34.2 Å². The van der Waals surface area contributed by atoms with Gasteiger partial charge in [0.1, 0.15) is 17.2 Å². The van der Waals surface area contributed by atoms with E-state index in [0.29, 0.717) is 22.8 Å². The molecule has 0 saturated heterocycles. The highest BCUT2D eigenvalue weighted by Gasteiger charge is 2.37. The van der Waals surface area contributed by atoms with Crippen LogP contribution in [0.5, 0.6) is 0 Å². The third kappa shape index (κ3) is 18.5. The summed E-state index contributed by atoms with van der Waals surface area (Å²) in [6.45, 7) is 16.5. The van der Waals surface area contributed by atoms with Crippen molar-refractivity contribution in [2.45, 2.75) is 150 Å². The van der Waals surface area contributed by atoms with Crippen LogP contribution in [0.25, 0.3) is 0 Å². The Hall–Kier alpha value is -7.32. The van der Waals surface area contributed by atoms with E-state index in [-0.39, 0.29) is 78.0 Å². The van der Waals surface area contributed by atoms with Crippen molar-refractivity contribution < 1.29 is 61.9 Å². The van der Waals surface area contributed by atoms with E-state index in [1.165, 1.54) is 23.6 Å². The molecule has 1 aliphatic rings. The standard InChI is InChI=1S/C50H74N14O12/c1-33(44(67)72-11)22-40(46(69)76-49(5,6)7)63-30-37(54-58-63)26-60(25-36-29-62(57-53-36)39(18-19-42(65)71-10)45(68)75-48(2,3)4)27-38-31-64(59-55-38)41(34-16-13-12-14-17-34)23-50(8,9)47(70)74-21-15-20-73-43(66)32-61-28-35(24-51)52-56-61/h12-14,16-17,28-31,33,39-41H,15,18-27,32,51H2,1-11H3,(H2,52,53,54,55,56,57,58,59)/p+1. The largest absolute Gasteiger partial charge is 0.469 e. The van der Waals surface area contributed by atoms with Crippen LogP contribution in [0.3, 0.4) is 0 Å². The van der Waals surface area contributed by atoms with Gasteiger partial charge in [-0.2, -0.15) is 4.68 Å². The molecular weight excluding hydrogens is 989 g/mol. The lowest BCUT2D eigenvalue weighted by molar-refractivity contribution is -0.743. The number of nitrogens with two attached hydrogens (primary N) is 1. The number of aromatic nitrogens is 9. The molecule has 0 radical (unpaired) electrons. The fourth-order valence-electron chi connectivity index (χ4n) is 7.91. The molecule has 0 spiro atoms. The number of benzene rings is 1. The number of H-pyrrole nitrogens is 1. The van der Waals surface area contributed by atoms with Crippen molar-refractivity contribution in [2.24, 2.45) is 17.1 Å². The Morgan fingerprint density at radius 2 is 1.38 bits per heavy atom. The second kappa shape index (κ2) is 26.9. The van der Waals surface area contributed by atoms with Crippen molar-refractivity contribution in [3.8, 4) is 0 Å². The minimum Gasteiger partial charge on any atom is -0.469 e. The van der Waals surface area contributed by atoms with Gasteiger partial charge >= 0.3 is 35.8 Å². The molecule has 0 fully saturated rings. The molecule has 0 saturated carbocycles. The normalized spacial score (nSPS) is 14.5. The molecule has 26 heteroatoms. The zero-order chi connectivity index (χ0) is 55.8. The maximum absolute atomic E-state index is 13.7. The lowest BCUT2D eigenvalue weighted by Gasteiger charge is -2.30. The topological polar surface area (TPSA) is 308 Å². The molecule has 416 valence electrons. The van der Waals surface area contributed by atoms with Crippen LogP contribution in [0.15, 0.2) is 60.8 Å². The summed E-state index contributed by atoms with van der Waals surface area (Å²) in [6, 6.07) is 7.18. The monoisotopic (exact) mass is 1060 g/mol. The molecular formula is C50H75N14O12+. The van der Waals surface area contributed by atoms with Crippen molar-refractivity contribution >= 4 is 35.8 Å². The molecule has 76 heavy (non-hydrogen) atoms. The lowest BCUT2D eigenvalue weighted by atomic mass is 9.83. The number of esters is 6. The summed E-state index contributed by atoms with van der Waals surface area (Å²) in [5, 5.41) is 26.1. The summed E-state index contributed by atoms with van der Waals surface area (Å²) in [7, 11) is 2.56. The summed E-state index contributed by atoms with van der Waals surface area (Å²) in [4.78, 5) is 79.9. The van der Waals surface area contributed by atoms with E-state index < -0.39 is 76.5 Å². The number of aromatic amines is 1. The van der Waals surface area contributed by atoms with E-state index in [1.54, 1.807) is 96.8 Å². The lowest BCUT2D eigenvalue weighted by Crippen LogP contribution is -2.50. The van der Waals surface area contributed by atoms with Crippen LogP contribution in [0.1, 0.15) is 129 Å². The number of hydrogen-bond donors (Lipinski definition) is 4. The SMILES string of the molecule is COC(=O)CCC(C(=O)OC(C)(C)C)n1cc(CN(CC2=CN(C(CC(C)C(=O)OC)C(=O)OC(C)(C)C)NN2)Cc2cn(C(CC(C)(C)C(=O)OCCCOC(=O)C[n+]3cc(CN)n[nH]3)c3ccccc3)nn2)nn1. The van der Waals surface area contributed by atoms with Gasteiger partial charge in [0.2, 0.25) is 12.2 Å². The minimum atomic E-state index is -1.02. The summed E-state index contributed by atoms with van der Waals surface area (Å²) in [5.41, 5.74) is 12.2. The number of carbonyl (C=O) groups is 6. The van der Waals surface area contributed by atoms with Gasteiger partial charge in [0.25, 0.3) is 0 Å². The first-order chi connectivity index (χ1) is 35.9. The number of carbonyl (C=O) groups excluding carboxylic acids is 6. The molecule has 3 aromatic heterocycles. The van der Waals surface area contributed by atoms with Gasteiger partial charge in [0.15, 0.2) is 12.2 Å². The number of ether oxygens (including phenoxy) is 6. The van der Waals surface area contributed by atoms with Crippen LogP contribution < -0.4 is 21.4 Å². The zero-order valence-electron chi connectivity index (χ0n) is 45.4. The minimum absolute atomic E-state index is 0.0269. The molecule has 5 rings (SSSR count). The maximum Gasteiger partial charge on any atom is 0.350 e. The third-order valence-electron chi connectivity index (χ3n) is 11.6. The van der Waals surface area contributed by atoms with Crippen LogP contribution in [0.2, 0.25) is 0 Å². The zero-order valence-corrected chi connectivity index (χ0v) is 45.4. The van der Waals surface area contributed by atoms with Crippen LogP contribution in [0.4, 0.5) is 0 Å². The smallest absolute Gasteiger partial charge is 0.350 e. The van der Waals surface area contributed by atoms with Gasteiger partial charge < -0.3 is 39.6 Å². The molecule has 4 atom stereocenters. The number of hydrogen-bond acceptors (Lipinski definition) is 22. The van der Waals surface area contributed by atoms with Gasteiger partial charge in [-0.1, -0.05) is 52.9 Å². The van der Waals surface area contributed by atoms with Crippen LogP contribution in [-0.4, -0.2) is 137 Å². The van der Waals surface area contributed by atoms with Gasteiger partial charge in [-0.3, -0.25) is 24.3 Å². The number of methoxy groups -OCH3 is 2. The Bertz CT molecular complexity index is 2600. The van der Waals surface area contributed by atoms with Gasteiger partial charge in [-0.15, -0.1) is 15.7 Å². The van der Waals surface area contributed by atoms with Crippen molar-refractivity contribution in [3.63, 3.8) is 0 Å². The highest BCUT2D eigenvalue weighted by atomic mass is 16.6. The van der Waals surface area contributed by atoms with Crippen LogP contribution >= 0.6 is 0 Å². The number of nitrogens with zero attached hydrogens (tertiary/aromatic N) is 10. The number of hydrazine groups is 2. The fourth-order valence-corrected chi connectivity index (χ4v) is 7.91. The first kappa shape index (κ1) is 59.6. The van der Waals surface area contributed by atoms with E-state index in [0.717, 1.165) is 5.56 Å². The predicted molar refractivity (Wildman–Crippen MR) is 268 cm³/mol. The van der Waals surface area contributed by atoms with Crippen LogP contribution in [-0.2, 0) is 83.4 Å². The quantitative estimate of drug-likeness (QED) is 0.0275. The molecule has 4 aromatic rings. The Morgan fingerprint density at radius 1 is 0.763 bits per heavy atom. The van der Waals surface area contributed by atoms with Gasteiger partial charge in [0.05, 0.1) is 80.8 Å². The van der Waals surface area contributed by atoms with Gasteiger partial charge in [-0.25, -0.2) is 23.7 Å². The third-order valence-corrected chi connectivity index (χ3v) is 11.6. The average Bonchev–Trinajstić information content (AvgIpc) is 4.21. The van der Waals surface area contributed by atoms with Crippen molar-refractivity contribution in [1.29, 1.82) is 0 Å². The highest BCUT2D eigenvalue weighted by molar-refractivity contribution is 5.79. The maximum atomic E-state index is 13.7. The first-order valence-electron chi connectivity index (χ1n) is 25.0. The fraction of sp³-hybridized carbons (Fsp3) is 0.600. The van der Waals surface area contributed by atoms with Crippen LogP contribution in [0, 0.1) is 11.3 Å². The molecule has 4 heterocycles. The molecule has 1 aromatic carbocycles. The van der Waals surface area contributed by atoms with E-state index >= 15 is 0 Å². The molecule has 26 nitrogen and oxygen atoms in total. The van der Waals surface area contributed by atoms with Crippen molar-refractivity contribution in [2.75, 3.05) is 34.0 Å². The number of nitrogens with one attached hydrogen (secondary N) is 3. The van der Waals surface area contributed by atoms with Crippen molar-refractivity contribution in [1.82, 2.24) is 61.2 Å². The molecule has 0 aliphatic carbocycles. The van der Waals surface area contributed by atoms with Crippen molar-refractivity contribution in [3.05, 3.63) is 83.5 Å². The molecule has 4 unspecified atom stereocenters. The average molecular weight is 1060 g/mol. The van der Waals surface area contributed by atoms with Gasteiger partial charge in [-0.05, 0) is 80.2 Å². The van der Waals surface area contributed by atoms with E-state index in [1.807, 2.05) is 35.2 Å². The molecule has 5 N–H and O–H groups in total. The summed E-state index contributed by atoms with van der Waals surface area (Å²) in [5.74, 6) is -3.72. The Balaban J connectivity index is 1.38. The summed E-state index contributed by atoms with van der Waals surface area (Å²) < 4.78 is 36.8. The molecule has 0 amide bonds. The molecule has 0 bridgehead atoms.